The highest BCUT2D eigenvalue weighted by molar-refractivity contribution is 5.84. The van der Waals surface area contributed by atoms with Gasteiger partial charge in [-0.15, -0.1) is 0 Å². The van der Waals surface area contributed by atoms with Crippen molar-refractivity contribution in [2.75, 3.05) is 32.6 Å². The lowest BCUT2D eigenvalue weighted by Gasteiger charge is -2.22. The summed E-state index contributed by atoms with van der Waals surface area (Å²) in [6.07, 6.45) is 3.16. The third kappa shape index (κ3) is 3.89. The van der Waals surface area contributed by atoms with Gasteiger partial charge in [0.1, 0.15) is 11.6 Å². The van der Waals surface area contributed by atoms with E-state index in [0.29, 0.717) is 24.6 Å². The largest absolute Gasteiger partial charge is 0.497 e. The van der Waals surface area contributed by atoms with Crippen LogP contribution in [-0.2, 0) is 4.79 Å². The number of ether oxygens (including phenoxy) is 2. The molecule has 0 unspecified atom stereocenters. The molecule has 2 atom stereocenters. The van der Waals surface area contributed by atoms with Gasteiger partial charge < -0.3 is 19.7 Å². The zero-order valence-electron chi connectivity index (χ0n) is 19.8. The van der Waals surface area contributed by atoms with Gasteiger partial charge in [-0.25, -0.2) is 19.3 Å². The summed E-state index contributed by atoms with van der Waals surface area (Å²) in [5.41, 5.74) is 2.00. The lowest BCUT2D eigenvalue weighted by molar-refractivity contribution is -0.131. The molecule has 1 amide bonds. The van der Waals surface area contributed by atoms with Crippen molar-refractivity contribution in [3.63, 3.8) is 0 Å². The van der Waals surface area contributed by atoms with E-state index in [9.17, 15) is 9.18 Å². The van der Waals surface area contributed by atoms with Crippen molar-refractivity contribution < 1.29 is 18.7 Å². The van der Waals surface area contributed by atoms with Gasteiger partial charge in [0, 0.05) is 35.5 Å². The van der Waals surface area contributed by atoms with E-state index in [2.05, 4.69) is 15.3 Å². The average molecular weight is 466 g/mol. The number of hydrogen-bond donors (Lipinski definition) is 1. The van der Waals surface area contributed by atoms with Crippen LogP contribution in [0.5, 0.6) is 11.6 Å². The van der Waals surface area contributed by atoms with Crippen molar-refractivity contribution >= 4 is 22.8 Å². The Labute approximate surface area is 197 Å². The maximum Gasteiger partial charge on any atom is 0.230 e. The van der Waals surface area contributed by atoms with Crippen molar-refractivity contribution in [1.29, 1.82) is 0 Å². The number of aromatic nitrogens is 3. The Kier molecular flexibility index (Phi) is 5.50. The summed E-state index contributed by atoms with van der Waals surface area (Å²) in [6, 6.07) is 7.27. The number of anilines is 1. The van der Waals surface area contributed by atoms with Crippen LogP contribution in [0.4, 0.5) is 10.3 Å². The summed E-state index contributed by atoms with van der Waals surface area (Å²) >= 11 is 0. The topological polar surface area (TPSA) is 89.5 Å². The maximum absolute atomic E-state index is 14.4. The molecule has 178 valence electrons. The van der Waals surface area contributed by atoms with E-state index < -0.39 is 11.7 Å². The highest BCUT2D eigenvalue weighted by Gasteiger charge is 2.56. The van der Waals surface area contributed by atoms with Crippen LogP contribution >= 0.6 is 0 Å². The second-order valence-corrected chi connectivity index (χ2v) is 9.26. The first-order chi connectivity index (χ1) is 16.3. The van der Waals surface area contributed by atoms with Crippen LogP contribution in [0.3, 0.4) is 0 Å². The van der Waals surface area contributed by atoms with Gasteiger partial charge in [-0.05, 0) is 44.9 Å². The number of rotatable bonds is 6. The van der Waals surface area contributed by atoms with Crippen LogP contribution in [0.15, 0.2) is 30.5 Å². The van der Waals surface area contributed by atoms with Crippen LogP contribution in [0.2, 0.25) is 0 Å². The fourth-order valence-corrected chi connectivity index (χ4v) is 4.90. The van der Waals surface area contributed by atoms with Crippen LogP contribution in [0.25, 0.3) is 10.9 Å². The summed E-state index contributed by atoms with van der Waals surface area (Å²) in [6.45, 7) is 4.84. The number of amides is 1. The number of methoxy groups -OCH3 is 2. The number of carbonyl (C=O) groups excluding carboxylic acids is 1. The molecule has 2 fully saturated rings. The number of likely N-dealkylation sites (tertiary alicyclic amines) is 1. The lowest BCUT2D eigenvalue weighted by Crippen LogP contribution is -2.35. The van der Waals surface area contributed by atoms with Crippen LogP contribution in [-0.4, -0.2) is 59.1 Å². The Morgan fingerprint density at radius 2 is 2.03 bits per heavy atom. The number of benzene rings is 1. The number of nitrogens with one attached hydrogen (secondary N) is 1. The van der Waals surface area contributed by atoms with Gasteiger partial charge in [0.05, 0.1) is 43.6 Å². The molecule has 2 aliphatic rings. The summed E-state index contributed by atoms with van der Waals surface area (Å²) in [7, 11) is 3.10. The molecule has 1 spiro atoms. The van der Waals surface area contributed by atoms with E-state index in [1.807, 2.05) is 30.0 Å². The SMILES string of the molecule is COc1ccc2nc(N[C@@H]3CN(C(=O)[C@H](C)c4cc(OC)ncc4F)CC34CC4)nc(C)c2c1. The molecule has 1 N–H and O–H groups in total. The summed E-state index contributed by atoms with van der Waals surface area (Å²) < 4.78 is 24.8. The van der Waals surface area contributed by atoms with E-state index in [0.717, 1.165) is 41.4 Å². The Morgan fingerprint density at radius 3 is 2.74 bits per heavy atom. The van der Waals surface area contributed by atoms with Gasteiger partial charge in [-0.2, -0.15) is 0 Å². The molecule has 3 heterocycles. The molecule has 8 nitrogen and oxygen atoms in total. The van der Waals surface area contributed by atoms with E-state index in [4.69, 9.17) is 14.5 Å². The molecule has 0 bridgehead atoms. The molecule has 0 radical (unpaired) electrons. The van der Waals surface area contributed by atoms with Crippen LogP contribution in [0, 0.1) is 18.2 Å². The Hall–Kier alpha value is -3.49. The number of halogens is 1. The van der Waals surface area contributed by atoms with Crippen molar-refractivity contribution in [2.45, 2.75) is 38.6 Å². The Bertz CT molecular complexity index is 1260. The van der Waals surface area contributed by atoms with Gasteiger partial charge >= 0.3 is 0 Å². The van der Waals surface area contributed by atoms with Crippen LogP contribution < -0.4 is 14.8 Å². The summed E-state index contributed by atoms with van der Waals surface area (Å²) in [5.74, 6) is 0.356. The maximum atomic E-state index is 14.4. The zero-order valence-corrected chi connectivity index (χ0v) is 19.8. The first-order valence-electron chi connectivity index (χ1n) is 11.4. The Balaban J connectivity index is 1.35. The molecule has 1 saturated carbocycles. The van der Waals surface area contributed by atoms with Crippen molar-refractivity contribution in [3.05, 3.63) is 47.5 Å². The standard InChI is InChI=1S/C25H28FN5O3/c1-14(17-10-22(34-4)27-11-19(17)26)23(32)31-12-21(25(13-31)7-8-25)30-24-28-15(2)18-9-16(33-3)5-6-20(18)29-24/h5-6,9-11,14,21H,7-8,12-13H2,1-4H3,(H,28,29,30)/t14-,21-/m1/s1. The monoisotopic (exact) mass is 465 g/mol. The number of pyridine rings is 1. The third-order valence-electron chi connectivity index (χ3n) is 7.15. The molecular formula is C25H28FN5O3. The molecule has 1 aromatic carbocycles. The predicted octanol–water partition coefficient (Wildman–Crippen LogP) is 3.70. The normalized spacial score (nSPS) is 19.3. The number of aryl methyl sites for hydroxylation is 1. The number of nitrogens with zero attached hydrogens (tertiary/aromatic N) is 4. The molecule has 9 heteroatoms. The molecule has 34 heavy (non-hydrogen) atoms. The molecular weight excluding hydrogens is 437 g/mol. The molecule has 1 aliphatic heterocycles. The minimum atomic E-state index is -0.638. The van der Waals surface area contributed by atoms with Gasteiger partial charge in [-0.1, -0.05) is 0 Å². The van der Waals surface area contributed by atoms with E-state index >= 15 is 0 Å². The molecule has 3 aromatic rings. The second kappa shape index (κ2) is 8.38. The summed E-state index contributed by atoms with van der Waals surface area (Å²) in [4.78, 5) is 28.4. The lowest BCUT2D eigenvalue weighted by atomic mass is 10.00. The molecule has 2 aromatic heterocycles. The second-order valence-electron chi connectivity index (χ2n) is 9.26. The highest BCUT2D eigenvalue weighted by atomic mass is 19.1. The van der Waals surface area contributed by atoms with Gasteiger partial charge in [0.15, 0.2) is 0 Å². The quantitative estimate of drug-likeness (QED) is 0.594. The zero-order chi connectivity index (χ0) is 24.0. The van der Waals surface area contributed by atoms with Gasteiger partial charge in [0.25, 0.3) is 0 Å². The van der Waals surface area contributed by atoms with Crippen molar-refractivity contribution in [2.24, 2.45) is 5.41 Å². The van der Waals surface area contributed by atoms with Gasteiger partial charge in [-0.3, -0.25) is 4.79 Å². The fraction of sp³-hybridized carbons (Fsp3) is 0.440. The van der Waals surface area contributed by atoms with E-state index in [-0.39, 0.29) is 23.2 Å². The van der Waals surface area contributed by atoms with Crippen molar-refractivity contribution in [3.8, 4) is 11.6 Å². The highest BCUT2D eigenvalue weighted by Crippen LogP contribution is 2.54. The smallest absolute Gasteiger partial charge is 0.230 e. The number of hydrogen-bond acceptors (Lipinski definition) is 7. The Morgan fingerprint density at radius 1 is 1.24 bits per heavy atom. The molecule has 1 saturated heterocycles. The number of carbonyl (C=O) groups is 1. The number of fused-ring (bicyclic) bond motifs is 1. The van der Waals surface area contributed by atoms with Gasteiger partial charge in [0.2, 0.25) is 17.7 Å². The van der Waals surface area contributed by atoms with Crippen LogP contribution in [0.1, 0.15) is 36.9 Å². The third-order valence-corrected chi connectivity index (χ3v) is 7.15. The average Bonchev–Trinajstić information content (AvgIpc) is 3.54. The fourth-order valence-electron chi connectivity index (χ4n) is 4.90. The minimum Gasteiger partial charge on any atom is -0.497 e. The summed E-state index contributed by atoms with van der Waals surface area (Å²) in [5, 5.41) is 4.44. The van der Waals surface area contributed by atoms with Crippen molar-refractivity contribution in [1.82, 2.24) is 19.9 Å². The molecule has 1 aliphatic carbocycles. The van der Waals surface area contributed by atoms with E-state index in [1.54, 1.807) is 14.0 Å². The first kappa shape index (κ1) is 22.3. The minimum absolute atomic E-state index is 0.00991. The van der Waals surface area contributed by atoms with E-state index in [1.165, 1.54) is 13.2 Å². The molecule has 5 rings (SSSR count). The predicted molar refractivity (Wildman–Crippen MR) is 126 cm³/mol. The first-order valence-corrected chi connectivity index (χ1v) is 11.4.